The van der Waals surface area contributed by atoms with Gasteiger partial charge in [0, 0.05) is 6.54 Å². The molecule has 2 aromatic carbocycles. The quantitative estimate of drug-likeness (QED) is 0.942. The summed E-state index contributed by atoms with van der Waals surface area (Å²) in [6, 6.07) is 10.5. The lowest BCUT2D eigenvalue weighted by Gasteiger charge is -2.08. The van der Waals surface area contributed by atoms with Crippen LogP contribution in [0.2, 0.25) is 0 Å². The predicted octanol–water partition coefficient (Wildman–Crippen LogP) is 2.92. The highest BCUT2D eigenvalue weighted by atomic mass is 32.2. The maximum atomic E-state index is 12.8. The fourth-order valence-corrected chi connectivity index (χ4v) is 2.81. The first kappa shape index (κ1) is 14.7. The molecule has 0 aliphatic carbocycles. The maximum absolute atomic E-state index is 12.8. The highest BCUT2D eigenvalue weighted by molar-refractivity contribution is 7.89. The summed E-state index contributed by atoms with van der Waals surface area (Å²) in [7, 11) is -3.61. The number of nitrogens with one attached hydrogen (secondary N) is 1. The zero-order valence-corrected chi connectivity index (χ0v) is 12.2. The molecule has 0 fully saturated rings. The molecule has 0 heterocycles. The average molecular weight is 293 g/mol. The van der Waals surface area contributed by atoms with Crippen LogP contribution < -0.4 is 4.72 Å². The fourth-order valence-electron chi connectivity index (χ4n) is 1.79. The van der Waals surface area contributed by atoms with E-state index in [1.807, 2.05) is 32.0 Å². The van der Waals surface area contributed by atoms with E-state index < -0.39 is 15.8 Å². The van der Waals surface area contributed by atoms with E-state index in [1.165, 1.54) is 12.1 Å². The van der Waals surface area contributed by atoms with E-state index in [4.69, 9.17) is 0 Å². The molecule has 2 aromatic rings. The third-order valence-corrected chi connectivity index (χ3v) is 4.58. The Morgan fingerprint density at radius 1 is 1.00 bits per heavy atom. The normalized spacial score (nSPS) is 11.6. The number of benzene rings is 2. The lowest BCUT2D eigenvalue weighted by Crippen LogP contribution is -2.23. The third kappa shape index (κ3) is 3.43. The van der Waals surface area contributed by atoms with Gasteiger partial charge in [0.15, 0.2) is 0 Å². The zero-order valence-electron chi connectivity index (χ0n) is 11.4. The molecule has 1 N–H and O–H groups in total. The van der Waals surface area contributed by atoms with Gasteiger partial charge in [-0.05, 0) is 54.8 Å². The van der Waals surface area contributed by atoms with E-state index in [9.17, 15) is 12.8 Å². The highest BCUT2D eigenvalue weighted by Gasteiger charge is 2.13. The van der Waals surface area contributed by atoms with Gasteiger partial charge in [0.2, 0.25) is 10.0 Å². The Kier molecular flexibility index (Phi) is 4.20. The highest BCUT2D eigenvalue weighted by Crippen LogP contribution is 2.12. The van der Waals surface area contributed by atoms with Crippen molar-refractivity contribution in [3.63, 3.8) is 0 Å². The molecule has 5 heteroatoms. The van der Waals surface area contributed by atoms with E-state index in [0.717, 1.165) is 28.8 Å². The smallest absolute Gasteiger partial charge is 0.207 e. The molecule has 20 heavy (non-hydrogen) atoms. The molecule has 0 aliphatic heterocycles. The largest absolute Gasteiger partial charge is 0.240 e. The zero-order chi connectivity index (χ0) is 14.8. The molecule has 0 saturated heterocycles. The van der Waals surface area contributed by atoms with Crippen LogP contribution in [0.3, 0.4) is 0 Å². The number of sulfonamides is 1. The van der Waals surface area contributed by atoms with Crippen LogP contribution in [-0.4, -0.2) is 8.42 Å². The third-order valence-electron chi connectivity index (χ3n) is 3.16. The van der Waals surface area contributed by atoms with Crippen LogP contribution in [0.15, 0.2) is 47.4 Å². The molecule has 0 spiro atoms. The van der Waals surface area contributed by atoms with E-state index in [0.29, 0.717) is 0 Å². The van der Waals surface area contributed by atoms with Crippen LogP contribution in [0.1, 0.15) is 16.7 Å². The summed E-state index contributed by atoms with van der Waals surface area (Å²) in [5, 5.41) is 0. The summed E-state index contributed by atoms with van der Waals surface area (Å²) in [6.07, 6.45) is 0. The van der Waals surface area contributed by atoms with E-state index in [1.54, 1.807) is 0 Å². The Hall–Kier alpha value is -1.72. The summed E-state index contributed by atoms with van der Waals surface area (Å²) >= 11 is 0. The number of hydrogen-bond acceptors (Lipinski definition) is 2. The molecule has 0 radical (unpaired) electrons. The molecule has 0 bridgehead atoms. The van der Waals surface area contributed by atoms with Crippen LogP contribution in [-0.2, 0) is 16.6 Å². The summed E-state index contributed by atoms with van der Waals surface area (Å²) in [5.74, 6) is -0.460. The summed E-state index contributed by atoms with van der Waals surface area (Å²) in [5.41, 5.74) is 3.16. The average Bonchev–Trinajstić information content (AvgIpc) is 2.41. The van der Waals surface area contributed by atoms with Crippen molar-refractivity contribution in [2.24, 2.45) is 0 Å². The van der Waals surface area contributed by atoms with Crippen molar-refractivity contribution in [2.75, 3.05) is 0 Å². The second-order valence-corrected chi connectivity index (χ2v) is 6.46. The number of halogens is 1. The lowest BCUT2D eigenvalue weighted by atomic mass is 10.1. The molecule has 0 aromatic heterocycles. The monoisotopic (exact) mass is 293 g/mol. The molecular formula is C15H16FNO2S. The second kappa shape index (κ2) is 5.73. The van der Waals surface area contributed by atoms with Crippen molar-refractivity contribution in [3.05, 3.63) is 65.0 Å². The summed E-state index contributed by atoms with van der Waals surface area (Å²) < 4.78 is 39.4. The number of rotatable bonds is 4. The first-order valence-corrected chi connectivity index (χ1v) is 7.68. The Balaban J connectivity index is 2.13. The summed E-state index contributed by atoms with van der Waals surface area (Å²) in [6.45, 7) is 4.19. The maximum Gasteiger partial charge on any atom is 0.240 e. The van der Waals surface area contributed by atoms with Gasteiger partial charge in [-0.3, -0.25) is 0 Å². The molecule has 106 valence electrons. The summed E-state index contributed by atoms with van der Waals surface area (Å²) in [4.78, 5) is 0.0581. The van der Waals surface area contributed by atoms with Gasteiger partial charge in [0.05, 0.1) is 4.90 Å². The number of aryl methyl sites for hydroxylation is 2. The Labute approximate surface area is 118 Å². The Morgan fingerprint density at radius 2 is 1.65 bits per heavy atom. The van der Waals surface area contributed by atoms with Crippen molar-refractivity contribution in [1.82, 2.24) is 4.72 Å². The standard InChI is InChI=1S/C15H16FNO2S/c1-11-3-4-13(9-12(11)2)10-17-20(18,19)15-7-5-14(16)6-8-15/h3-9,17H,10H2,1-2H3. The van der Waals surface area contributed by atoms with Gasteiger partial charge in [-0.25, -0.2) is 17.5 Å². The van der Waals surface area contributed by atoms with Crippen molar-refractivity contribution in [1.29, 1.82) is 0 Å². The van der Waals surface area contributed by atoms with Gasteiger partial charge >= 0.3 is 0 Å². The molecule has 0 atom stereocenters. The van der Waals surface area contributed by atoms with Gasteiger partial charge in [0.25, 0.3) is 0 Å². The van der Waals surface area contributed by atoms with Crippen LogP contribution in [0.4, 0.5) is 4.39 Å². The van der Waals surface area contributed by atoms with Crippen LogP contribution in [0.25, 0.3) is 0 Å². The minimum Gasteiger partial charge on any atom is -0.207 e. The first-order valence-electron chi connectivity index (χ1n) is 6.20. The SMILES string of the molecule is Cc1ccc(CNS(=O)(=O)c2ccc(F)cc2)cc1C. The van der Waals surface area contributed by atoms with Crippen molar-refractivity contribution >= 4 is 10.0 Å². The molecule has 0 unspecified atom stereocenters. The van der Waals surface area contributed by atoms with E-state index in [2.05, 4.69) is 4.72 Å². The molecule has 2 rings (SSSR count). The van der Waals surface area contributed by atoms with Crippen molar-refractivity contribution < 1.29 is 12.8 Å². The molecule has 0 aliphatic rings. The molecular weight excluding hydrogens is 277 g/mol. The first-order chi connectivity index (χ1) is 9.38. The van der Waals surface area contributed by atoms with Gasteiger partial charge in [-0.15, -0.1) is 0 Å². The number of hydrogen-bond donors (Lipinski definition) is 1. The van der Waals surface area contributed by atoms with Gasteiger partial charge < -0.3 is 0 Å². The fraction of sp³-hybridized carbons (Fsp3) is 0.200. The van der Waals surface area contributed by atoms with E-state index >= 15 is 0 Å². The van der Waals surface area contributed by atoms with Gasteiger partial charge in [-0.1, -0.05) is 18.2 Å². The van der Waals surface area contributed by atoms with Crippen LogP contribution >= 0.6 is 0 Å². The molecule has 3 nitrogen and oxygen atoms in total. The molecule has 0 amide bonds. The minimum atomic E-state index is -3.61. The van der Waals surface area contributed by atoms with Gasteiger partial charge in [0.1, 0.15) is 5.82 Å². The Bertz CT molecular complexity index is 709. The van der Waals surface area contributed by atoms with Crippen LogP contribution in [0.5, 0.6) is 0 Å². The van der Waals surface area contributed by atoms with Crippen LogP contribution in [0, 0.1) is 19.7 Å². The van der Waals surface area contributed by atoms with E-state index in [-0.39, 0.29) is 11.4 Å². The predicted molar refractivity (Wildman–Crippen MR) is 76.3 cm³/mol. The Morgan fingerprint density at radius 3 is 2.25 bits per heavy atom. The van der Waals surface area contributed by atoms with Crippen molar-refractivity contribution in [3.8, 4) is 0 Å². The topological polar surface area (TPSA) is 46.2 Å². The van der Waals surface area contributed by atoms with Gasteiger partial charge in [-0.2, -0.15) is 0 Å². The van der Waals surface area contributed by atoms with Crippen molar-refractivity contribution in [2.45, 2.75) is 25.3 Å². The lowest BCUT2D eigenvalue weighted by molar-refractivity contribution is 0.580. The minimum absolute atomic E-state index is 0.0581. The second-order valence-electron chi connectivity index (χ2n) is 4.70. The molecule has 0 saturated carbocycles.